The van der Waals surface area contributed by atoms with Gasteiger partial charge in [-0.3, -0.25) is 9.59 Å². The highest BCUT2D eigenvalue weighted by atomic mass is 32.1. The number of amides is 1. The fourth-order valence-corrected chi connectivity index (χ4v) is 2.74. The van der Waals surface area contributed by atoms with E-state index in [4.69, 9.17) is 10.5 Å². The predicted octanol–water partition coefficient (Wildman–Crippen LogP) is 1.23. The summed E-state index contributed by atoms with van der Waals surface area (Å²) in [7, 11) is 0. The largest absolute Gasteiger partial charge is 0.465 e. The van der Waals surface area contributed by atoms with Gasteiger partial charge in [-0.25, -0.2) is 0 Å². The Hall–Kier alpha value is -1.84. The average molecular weight is 306 g/mol. The van der Waals surface area contributed by atoms with Crippen LogP contribution in [0, 0.1) is 11.8 Å². The number of nitrogens with zero attached hydrogens (tertiary/aromatic N) is 1. The molecule has 112 valence electrons. The van der Waals surface area contributed by atoms with Crippen molar-refractivity contribution in [3.63, 3.8) is 0 Å². The van der Waals surface area contributed by atoms with E-state index in [2.05, 4.69) is 11.8 Å². The molecule has 0 aliphatic heterocycles. The van der Waals surface area contributed by atoms with Crippen molar-refractivity contribution in [3.05, 3.63) is 21.9 Å². The molecule has 0 saturated heterocycles. The van der Waals surface area contributed by atoms with Gasteiger partial charge < -0.3 is 15.4 Å². The predicted molar refractivity (Wildman–Crippen MR) is 80.9 cm³/mol. The highest BCUT2D eigenvalue weighted by Crippen LogP contribution is 2.29. The third-order valence-corrected chi connectivity index (χ3v) is 3.97. The van der Waals surface area contributed by atoms with Crippen LogP contribution in [0.5, 0.6) is 0 Å². The van der Waals surface area contributed by atoms with E-state index in [1.165, 1.54) is 11.3 Å². The quantitative estimate of drug-likeness (QED) is 0.656. The van der Waals surface area contributed by atoms with Crippen LogP contribution in [0.2, 0.25) is 0 Å². The molecule has 1 heterocycles. The standard InChI is InChI=1S/C15H18N2O3S/c1-2-20-14(18)10-17(11-5-6-11)15(19)13-8-7-12(21-13)4-3-9-16/h7-8,11H,2,5-6,9-10,16H2,1H3. The van der Waals surface area contributed by atoms with Gasteiger partial charge >= 0.3 is 5.97 Å². The maximum atomic E-state index is 12.5. The highest BCUT2D eigenvalue weighted by molar-refractivity contribution is 7.14. The van der Waals surface area contributed by atoms with Gasteiger partial charge in [0.15, 0.2) is 0 Å². The molecule has 0 radical (unpaired) electrons. The van der Waals surface area contributed by atoms with Crippen LogP contribution >= 0.6 is 11.3 Å². The molecule has 1 aliphatic carbocycles. The van der Waals surface area contributed by atoms with Crippen molar-refractivity contribution in [2.24, 2.45) is 5.73 Å². The Labute approximate surface area is 128 Å². The lowest BCUT2D eigenvalue weighted by Crippen LogP contribution is -2.37. The number of hydrogen-bond acceptors (Lipinski definition) is 5. The Morgan fingerprint density at radius 3 is 2.86 bits per heavy atom. The molecule has 2 rings (SSSR count). The Balaban J connectivity index is 2.07. The fraction of sp³-hybridized carbons (Fsp3) is 0.467. The first-order valence-corrected chi connectivity index (χ1v) is 7.72. The van der Waals surface area contributed by atoms with Crippen LogP contribution in [0.3, 0.4) is 0 Å². The Kier molecular flexibility index (Phi) is 5.37. The van der Waals surface area contributed by atoms with Gasteiger partial charge in [0.1, 0.15) is 6.54 Å². The van der Waals surface area contributed by atoms with Crippen LogP contribution in [-0.4, -0.2) is 42.5 Å². The second-order valence-corrected chi connectivity index (χ2v) is 5.72. The van der Waals surface area contributed by atoms with Crippen molar-refractivity contribution < 1.29 is 14.3 Å². The van der Waals surface area contributed by atoms with E-state index in [-0.39, 0.29) is 31.0 Å². The number of carbonyl (C=O) groups is 2. The first kappa shape index (κ1) is 15.5. The van der Waals surface area contributed by atoms with Gasteiger partial charge in [0, 0.05) is 6.04 Å². The van der Waals surface area contributed by atoms with E-state index in [1.807, 2.05) is 0 Å². The molecule has 2 N–H and O–H groups in total. The second-order valence-electron chi connectivity index (χ2n) is 4.64. The minimum absolute atomic E-state index is 0.0129. The minimum Gasteiger partial charge on any atom is -0.465 e. The van der Waals surface area contributed by atoms with Gasteiger partial charge in [-0.1, -0.05) is 11.8 Å². The first-order chi connectivity index (χ1) is 10.2. The second kappa shape index (κ2) is 7.25. The molecule has 0 bridgehead atoms. The van der Waals surface area contributed by atoms with Crippen molar-refractivity contribution in [2.45, 2.75) is 25.8 Å². The van der Waals surface area contributed by atoms with Crippen LogP contribution in [0.4, 0.5) is 0 Å². The molecular formula is C15H18N2O3S. The van der Waals surface area contributed by atoms with Crippen LogP contribution in [-0.2, 0) is 9.53 Å². The van der Waals surface area contributed by atoms with E-state index < -0.39 is 0 Å². The molecule has 0 spiro atoms. The molecule has 0 aromatic carbocycles. The summed E-state index contributed by atoms with van der Waals surface area (Å²) in [5.41, 5.74) is 5.33. The summed E-state index contributed by atoms with van der Waals surface area (Å²) in [5, 5.41) is 0. The highest BCUT2D eigenvalue weighted by Gasteiger charge is 2.35. The first-order valence-electron chi connectivity index (χ1n) is 6.91. The summed E-state index contributed by atoms with van der Waals surface area (Å²) in [6.07, 6.45) is 1.88. The van der Waals surface area contributed by atoms with Gasteiger partial charge in [-0.15, -0.1) is 11.3 Å². The monoisotopic (exact) mass is 306 g/mol. The topological polar surface area (TPSA) is 72.6 Å². The van der Waals surface area contributed by atoms with Gasteiger partial charge in [0.2, 0.25) is 0 Å². The van der Waals surface area contributed by atoms with Crippen molar-refractivity contribution in [1.29, 1.82) is 0 Å². The van der Waals surface area contributed by atoms with Crippen molar-refractivity contribution >= 4 is 23.2 Å². The van der Waals surface area contributed by atoms with E-state index in [0.29, 0.717) is 11.5 Å². The zero-order valence-electron chi connectivity index (χ0n) is 11.9. The fourth-order valence-electron chi connectivity index (χ4n) is 1.90. The van der Waals surface area contributed by atoms with Gasteiger partial charge in [-0.2, -0.15) is 0 Å². The molecule has 1 aromatic heterocycles. The van der Waals surface area contributed by atoms with Crippen molar-refractivity contribution in [1.82, 2.24) is 4.90 Å². The normalized spacial score (nSPS) is 13.2. The number of esters is 1. The molecule has 21 heavy (non-hydrogen) atoms. The summed E-state index contributed by atoms with van der Waals surface area (Å²) < 4.78 is 4.93. The molecule has 0 unspecified atom stereocenters. The Bertz CT molecular complexity index is 581. The molecule has 1 saturated carbocycles. The summed E-state index contributed by atoms with van der Waals surface area (Å²) >= 11 is 1.32. The lowest BCUT2D eigenvalue weighted by atomic mass is 10.3. The summed E-state index contributed by atoms with van der Waals surface area (Å²) in [5.74, 6) is 5.17. The number of nitrogens with two attached hydrogens (primary N) is 1. The lowest BCUT2D eigenvalue weighted by Gasteiger charge is -2.20. The third-order valence-electron chi connectivity index (χ3n) is 2.98. The Morgan fingerprint density at radius 2 is 2.24 bits per heavy atom. The smallest absolute Gasteiger partial charge is 0.325 e. The molecule has 1 aromatic rings. The summed E-state index contributed by atoms with van der Waals surface area (Å²) in [4.78, 5) is 27.1. The van der Waals surface area contributed by atoms with Gasteiger partial charge in [0.05, 0.1) is 22.9 Å². The van der Waals surface area contributed by atoms with Gasteiger partial charge in [0.25, 0.3) is 5.91 Å². The molecule has 6 heteroatoms. The zero-order chi connectivity index (χ0) is 15.2. The third kappa shape index (κ3) is 4.31. The zero-order valence-corrected chi connectivity index (χ0v) is 12.7. The molecule has 1 aliphatic rings. The number of rotatable bonds is 5. The molecular weight excluding hydrogens is 288 g/mol. The average Bonchev–Trinajstić information content (AvgIpc) is 3.20. The van der Waals surface area contributed by atoms with Crippen LogP contribution in [0.25, 0.3) is 0 Å². The van der Waals surface area contributed by atoms with Crippen LogP contribution in [0.1, 0.15) is 34.3 Å². The number of thiophene rings is 1. The Morgan fingerprint density at radius 1 is 1.48 bits per heavy atom. The maximum absolute atomic E-state index is 12.5. The molecule has 5 nitrogen and oxygen atoms in total. The number of carbonyl (C=O) groups excluding carboxylic acids is 2. The van der Waals surface area contributed by atoms with Crippen LogP contribution < -0.4 is 5.73 Å². The maximum Gasteiger partial charge on any atom is 0.325 e. The SMILES string of the molecule is CCOC(=O)CN(C(=O)c1ccc(C#CCN)s1)C1CC1. The van der Waals surface area contributed by atoms with E-state index in [1.54, 1.807) is 24.0 Å². The van der Waals surface area contributed by atoms with E-state index >= 15 is 0 Å². The van der Waals surface area contributed by atoms with Crippen LogP contribution in [0.15, 0.2) is 12.1 Å². The number of ether oxygens (including phenoxy) is 1. The molecule has 0 atom stereocenters. The van der Waals surface area contributed by atoms with Crippen molar-refractivity contribution in [3.8, 4) is 11.8 Å². The molecule has 1 fully saturated rings. The lowest BCUT2D eigenvalue weighted by molar-refractivity contribution is -0.143. The molecule has 1 amide bonds. The summed E-state index contributed by atoms with van der Waals surface area (Å²) in [6, 6.07) is 3.70. The van der Waals surface area contributed by atoms with Gasteiger partial charge in [-0.05, 0) is 31.9 Å². The van der Waals surface area contributed by atoms with E-state index in [9.17, 15) is 9.59 Å². The summed E-state index contributed by atoms with van der Waals surface area (Å²) in [6.45, 7) is 2.38. The van der Waals surface area contributed by atoms with E-state index in [0.717, 1.165) is 17.7 Å². The number of hydrogen-bond donors (Lipinski definition) is 1. The van der Waals surface area contributed by atoms with Crippen molar-refractivity contribution in [2.75, 3.05) is 19.7 Å². The minimum atomic E-state index is -0.363.